The average Bonchev–Trinajstić information content (AvgIpc) is 2.72. The van der Waals surface area contributed by atoms with Gasteiger partial charge >= 0.3 is 5.97 Å². The quantitative estimate of drug-likeness (QED) is 0.866. The molecule has 0 fully saturated rings. The molecule has 2 N–H and O–H groups in total. The number of hydrogen-bond acceptors (Lipinski definition) is 2. The third kappa shape index (κ3) is 2.14. The molecule has 2 rings (SSSR count). The molecule has 4 nitrogen and oxygen atoms in total. The molecule has 0 amide bonds. The molecule has 0 saturated heterocycles. The van der Waals surface area contributed by atoms with E-state index >= 15 is 0 Å². The van der Waals surface area contributed by atoms with E-state index in [2.05, 4.69) is 10.2 Å². The zero-order valence-electron chi connectivity index (χ0n) is 8.79. The summed E-state index contributed by atoms with van der Waals surface area (Å²) < 4.78 is 13.6. The highest BCUT2D eigenvalue weighted by molar-refractivity contribution is 6.31. The predicted octanol–water partition coefficient (Wildman–Crippen LogP) is 2.88. The van der Waals surface area contributed by atoms with Crippen LogP contribution in [-0.2, 0) is 0 Å². The van der Waals surface area contributed by atoms with Gasteiger partial charge < -0.3 is 5.11 Å². The maximum atomic E-state index is 13.6. The summed E-state index contributed by atoms with van der Waals surface area (Å²) >= 11 is 5.77. The molecule has 0 aliphatic heterocycles. The summed E-state index contributed by atoms with van der Waals surface area (Å²) in [5, 5.41) is 15.1. The first-order valence-corrected chi connectivity index (χ1v) is 5.11. The molecule has 0 aliphatic rings. The molecule has 0 spiro atoms. The van der Waals surface area contributed by atoms with Gasteiger partial charge in [0.2, 0.25) is 0 Å². The number of aryl methyl sites for hydroxylation is 1. The molecule has 0 bridgehead atoms. The Morgan fingerprint density at radius 2 is 2.18 bits per heavy atom. The highest BCUT2D eigenvalue weighted by atomic mass is 35.5. The van der Waals surface area contributed by atoms with E-state index < -0.39 is 11.8 Å². The normalized spacial score (nSPS) is 10.5. The number of carboxylic acid groups (broad SMARTS) is 1. The topological polar surface area (TPSA) is 66.0 Å². The highest BCUT2D eigenvalue weighted by Gasteiger charge is 2.14. The SMILES string of the molecule is Cc1cc(-c2cc(C(=O)O)[nH]n2)c(F)cc1Cl. The monoisotopic (exact) mass is 254 g/mol. The van der Waals surface area contributed by atoms with Crippen molar-refractivity contribution in [2.75, 3.05) is 0 Å². The van der Waals surface area contributed by atoms with Crippen molar-refractivity contribution in [2.45, 2.75) is 6.92 Å². The minimum atomic E-state index is -1.14. The Morgan fingerprint density at radius 1 is 1.47 bits per heavy atom. The molecule has 1 heterocycles. The molecular formula is C11H8ClFN2O2. The molecule has 0 atom stereocenters. The molecule has 1 aromatic carbocycles. The van der Waals surface area contributed by atoms with Crippen molar-refractivity contribution in [1.29, 1.82) is 0 Å². The van der Waals surface area contributed by atoms with Gasteiger partial charge in [0.05, 0.1) is 5.69 Å². The van der Waals surface area contributed by atoms with Gasteiger partial charge in [0.1, 0.15) is 11.5 Å². The third-order valence-electron chi connectivity index (χ3n) is 2.33. The number of rotatable bonds is 2. The van der Waals surface area contributed by atoms with E-state index in [9.17, 15) is 9.18 Å². The number of hydrogen-bond donors (Lipinski definition) is 2. The van der Waals surface area contributed by atoms with Crippen LogP contribution in [0.25, 0.3) is 11.3 Å². The Balaban J connectivity index is 2.52. The zero-order chi connectivity index (χ0) is 12.6. The summed E-state index contributed by atoms with van der Waals surface area (Å²) in [5.41, 5.74) is 1.06. The zero-order valence-corrected chi connectivity index (χ0v) is 9.55. The van der Waals surface area contributed by atoms with E-state index in [1.165, 1.54) is 18.2 Å². The lowest BCUT2D eigenvalue weighted by Gasteiger charge is -2.03. The average molecular weight is 255 g/mol. The molecule has 0 unspecified atom stereocenters. The van der Waals surface area contributed by atoms with E-state index in [1.807, 2.05) is 0 Å². The number of benzene rings is 1. The number of aromatic nitrogens is 2. The van der Waals surface area contributed by atoms with E-state index in [4.69, 9.17) is 16.7 Å². The van der Waals surface area contributed by atoms with Gasteiger partial charge in [-0.25, -0.2) is 9.18 Å². The van der Waals surface area contributed by atoms with Crippen molar-refractivity contribution in [2.24, 2.45) is 0 Å². The standard InChI is InChI=1S/C11H8ClFN2O2/c1-5-2-6(8(13)3-7(5)12)9-4-10(11(16)17)15-14-9/h2-4H,1H3,(H,14,15)(H,16,17). The molecule has 0 saturated carbocycles. The summed E-state index contributed by atoms with van der Waals surface area (Å²) in [6, 6.07) is 3.98. The Labute approximate surface area is 101 Å². The smallest absolute Gasteiger partial charge is 0.353 e. The van der Waals surface area contributed by atoms with Crippen molar-refractivity contribution >= 4 is 17.6 Å². The van der Waals surface area contributed by atoms with Gasteiger partial charge in [-0.15, -0.1) is 0 Å². The first-order chi connectivity index (χ1) is 7.99. The number of halogens is 2. The van der Waals surface area contributed by atoms with Crippen LogP contribution in [0.3, 0.4) is 0 Å². The first kappa shape index (κ1) is 11.6. The molecule has 6 heteroatoms. The van der Waals surface area contributed by atoms with Gasteiger partial charge in [0.25, 0.3) is 0 Å². The van der Waals surface area contributed by atoms with Crippen LogP contribution in [0.15, 0.2) is 18.2 Å². The molecule has 0 aliphatic carbocycles. The number of carbonyl (C=O) groups is 1. The largest absolute Gasteiger partial charge is 0.477 e. The summed E-state index contributed by atoms with van der Waals surface area (Å²) in [7, 11) is 0. The molecular weight excluding hydrogens is 247 g/mol. The number of nitrogens with one attached hydrogen (secondary N) is 1. The molecule has 88 valence electrons. The van der Waals surface area contributed by atoms with E-state index in [-0.39, 0.29) is 17.0 Å². The van der Waals surface area contributed by atoms with Crippen LogP contribution in [0.5, 0.6) is 0 Å². The van der Waals surface area contributed by atoms with Crippen LogP contribution in [0.4, 0.5) is 4.39 Å². The number of nitrogens with zero attached hydrogens (tertiary/aromatic N) is 1. The fourth-order valence-corrected chi connectivity index (χ4v) is 1.57. The Hall–Kier alpha value is -1.88. The summed E-state index contributed by atoms with van der Waals surface area (Å²) in [5.74, 6) is -1.68. The van der Waals surface area contributed by atoms with Crippen molar-refractivity contribution in [3.63, 3.8) is 0 Å². The van der Waals surface area contributed by atoms with Crippen LogP contribution in [0.2, 0.25) is 5.02 Å². The minimum Gasteiger partial charge on any atom is -0.477 e. The van der Waals surface area contributed by atoms with E-state index in [0.29, 0.717) is 10.6 Å². The Kier molecular flexibility index (Phi) is 2.85. The fraction of sp³-hybridized carbons (Fsp3) is 0.0909. The number of H-pyrrole nitrogens is 1. The minimum absolute atomic E-state index is 0.0907. The lowest BCUT2D eigenvalue weighted by Crippen LogP contribution is -1.95. The number of aromatic carboxylic acids is 1. The van der Waals surface area contributed by atoms with Gasteiger partial charge in [0.15, 0.2) is 0 Å². The number of aromatic amines is 1. The van der Waals surface area contributed by atoms with Crippen LogP contribution >= 0.6 is 11.6 Å². The third-order valence-corrected chi connectivity index (χ3v) is 2.74. The van der Waals surface area contributed by atoms with Gasteiger partial charge in [0, 0.05) is 10.6 Å². The van der Waals surface area contributed by atoms with Crippen molar-refractivity contribution in [3.05, 3.63) is 40.3 Å². The van der Waals surface area contributed by atoms with Crippen LogP contribution in [0, 0.1) is 12.7 Å². The van der Waals surface area contributed by atoms with Gasteiger partial charge in [-0.05, 0) is 30.7 Å². The second-order valence-electron chi connectivity index (χ2n) is 3.55. The molecule has 2 aromatic rings. The van der Waals surface area contributed by atoms with Crippen molar-refractivity contribution < 1.29 is 14.3 Å². The van der Waals surface area contributed by atoms with Crippen LogP contribution < -0.4 is 0 Å². The molecule has 0 radical (unpaired) electrons. The summed E-state index contributed by atoms with van der Waals surface area (Å²) in [6.45, 7) is 1.73. The second kappa shape index (κ2) is 4.18. The Bertz CT molecular complexity index is 595. The van der Waals surface area contributed by atoms with Crippen LogP contribution in [0.1, 0.15) is 16.1 Å². The predicted molar refractivity (Wildman–Crippen MR) is 60.7 cm³/mol. The van der Waals surface area contributed by atoms with Gasteiger partial charge in [-0.3, -0.25) is 5.10 Å². The maximum absolute atomic E-state index is 13.6. The summed E-state index contributed by atoms with van der Waals surface area (Å²) in [4.78, 5) is 10.7. The van der Waals surface area contributed by atoms with Crippen molar-refractivity contribution in [3.8, 4) is 11.3 Å². The fourth-order valence-electron chi connectivity index (χ4n) is 1.42. The second-order valence-corrected chi connectivity index (χ2v) is 3.96. The number of carboxylic acids is 1. The van der Waals surface area contributed by atoms with Gasteiger partial charge in [-0.2, -0.15) is 5.10 Å². The highest BCUT2D eigenvalue weighted by Crippen LogP contribution is 2.27. The lowest BCUT2D eigenvalue weighted by atomic mass is 10.1. The van der Waals surface area contributed by atoms with Crippen molar-refractivity contribution in [1.82, 2.24) is 10.2 Å². The first-order valence-electron chi connectivity index (χ1n) is 4.73. The van der Waals surface area contributed by atoms with E-state index in [1.54, 1.807) is 6.92 Å². The lowest BCUT2D eigenvalue weighted by molar-refractivity contribution is 0.0690. The molecule has 1 aromatic heterocycles. The van der Waals surface area contributed by atoms with Gasteiger partial charge in [-0.1, -0.05) is 11.6 Å². The van der Waals surface area contributed by atoms with E-state index in [0.717, 1.165) is 0 Å². The maximum Gasteiger partial charge on any atom is 0.353 e. The summed E-state index contributed by atoms with van der Waals surface area (Å²) in [6.07, 6.45) is 0. The Morgan fingerprint density at radius 3 is 2.76 bits per heavy atom. The van der Waals surface area contributed by atoms with Crippen LogP contribution in [-0.4, -0.2) is 21.3 Å². The molecule has 17 heavy (non-hydrogen) atoms.